The summed E-state index contributed by atoms with van der Waals surface area (Å²) < 4.78 is 59.6. The molecule has 3 aromatic heterocycles. The molecule has 1 N–H and O–H groups in total. The van der Waals surface area contributed by atoms with Crippen LogP contribution in [0, 0.1) is 13.8 Å². The summed E-state index contributed by atoms with van der Waals surface area (Å²) in [6, 6.07) is 8.66. The zero-order valence-corrected chi connectivity index (χ0v) is 23.9. The molecule has 0 radical (unpaired) electrons. The minimum atomic E-state index is -4.17. The molecule has 0 spiro atoms. The Morgan fingerprint density at radius 1 is 0.975 bits per heavy atom. The Bertz CT molecular complexity index is 1510. The van der Waals surface area contributed by atoms with Gasteiger partial charge in [-0.2, -0.15) is 0 Å². The van der Waals surface area contributed by atoms with Crippen molar-refractivity contribution in [1.82, 2.24) is 24.7 Å². The first kappa shape index (κ1) is 29.0. The standard InChI is InChI=1S/C26H32N6O7S/c1-16-14-27-24(28-15-16)23(38-13-12-35-4)18(3)40(33,34)31-26-30-29-25(21-11-10-17(2)39-21)32(26)22-19(36-5)8-7-9-20(22)37-6/h7-11,14-15,18,23H,12-13H2,1-6H3,(H,30,31)/t18-,23-/m0/s1. The van der Waals surface area contributed by atoms with E-state index < -0.39 is 21.4 Å². The molecule has 4 rings (SSSR count). The number of benzene rings is 1. The molecule has 0 aliphatic carbocycles. The predicted octanol–water partition coefficient (Wildman–Crippen LogP) is 3.49. The van der Waals surface area contributed by atoms with E-state index in [2.05, 4.69) is 24.9 Å². The van der Waals surface area contributed by atoms with Crippen LogP contribution < -0.4 is 14.2 Å². The molecular weight excluding hydrogens is 540 g/mol. The van der Waals surface area contributed by atoms with Crippen molar-refractivity contribution >= 4 is 16.0 Å². The van der Waals surface area contributed by atoms with E-state index in [1.807, 2.05) is 6.92 Å². The molecule has 4 aromatic rings. The van der Waals surface area contributed by atoms with Crippen LogP contribution in [0.5, 0.6) is 11.5 Å². The Hall–Kier alpha value is -4.01. The molecule has 0 unspecified atom stereocenters. The van der Waals surface area contributed by atoms with Crippen molar-refractivity contribution in [3.63, 3.8) is 0 Å². The van der Waals surface area contributed by atoms with Gasteiger partial charge >= 0.3 is 0 Å². The number of methoxy groups -OCH3 is 3. The number of ether oxygens (including phenoxy) is 4. The first-order chi connectivity index (χ1) is 19.2. The lowest BCUT2D eigenvalue weighted by molar-refractivity contribution is 0.0119. The highest BCUT2D eigenvalue weighted by atomic mass is 32.2. The molecule has 13 nitrogen and oxygen atoms in total. The fraction of sp³-hybridized carbons (Fsp3) is 0.385. The summed E-state index contributed by atoms with van der Waals surface area (Å²) in [4.78, 5) is 8.62. The number of hydrogen-bond donors (Lipinski definition) is 1. The van der Waals surface area contributed by atoms with Crippen LogP contribution in [0.15, 0.2) is 47.1 Å². The van der Waals surface area contributed by atoms with Crippen LogP contribution in [-0.4, -0.2) is 72.9 Å². The van der Waals surface area contributed by atoms with Gasteiger partial charge in [0, 0.05) is 19.5 Å². The van der Waals surface area contributed by atoms with Crippen LogP contribution in [-0.2, 0) is 19.5 Å². The lowest BCUT2D eigenvalue weighted by Crippen LogP contribution is -2.34. The maximum Gasteiger partial charge on any atom is 0.243 e. The van der Waals surface area contributed by atoms with Gasteiger partial charge in [0.2, 0.25) is 21.8 Å². The molecule has 1 aromatic carbocycles. The van der Waals surface area contributed by atoms with Gasteiger partial charge in [0.1, 0.15) is 34.3 Å². The maximum absolute atomic E-state index is 13.8. The summed E-state index contributed by atoms with van der Waals surface area (Å²) in [7, 11) is 0.344. The van der Waals surface area contributed by atoms with Gasteiger partial charge in [0.05, 0.1) is 27.4 Å². The fourth-order valence-electron chi connectivity index (χ4n) is 3.94. The van der Waals surface area contributed by atoms with E-state index in [9.17, 15) is 8.42 Å². The molecule has 0 amide bonds. The third kappa shape index (κ3) is 6.08. The molecule has 3 heterocycles. The lowest BCUT2D eigenvalue weighted by atomic mass is 10.2. The monoisotopic (exact) mass is 572 g/mol. The molecule has 14 heteroatoms. The van der Waals surface area contributed by atoms with E-state index in [1.165, 1.54) is 32.8 Å². The molecule has 0 saturated carbocycles. The van der Waals surface area contributed by atoms with Crippen molar-refractivity contribution in [3.05, 3.63) is 59.9 Å². The zero-order chi connectivity index (χ0) is 28.9. The van der Waals surface area contributed by atoms with E-state index in [0.717, 1.165) is 5.56 Å². The van der Waals surface area contributed by atoms with Gasteiger partial charge in [0.15, 0.2) is 11.6 Å². The number of rotatable bonds is 13. The molecule has 0 saturated heterocycles. The van der Waals surface area contributed by atoms with Crippen LogP contribution >= 0.6 is 0 Å². The predicted molar refractivity (Wildman–Crippen MR) is 146 cm³/mol. The van der Waals surface area contributed by atoms with Crippen LogP contribution in [0.25, 0.3) is 17.3 Å². The summed E-state index contributed by atoms with van der Waals surface area (Å²) in [5.41, 5.74) is 1.20. The Kier molecular flexibility index (Phi) is 9.02. The molecule has 0 aliphatic rings. The van der Waals surface area contributed by atoms with Gasteiger partial charge in [-0.1, -0.05) is 6.07 Å². The second kappa shape index (κ2) is 12.4. The van der Waals surface area contributed by atoms with Gasteiger partial charge in [-0.05, 0) is 50.6 Å². The van der Waals surface area contributed by atoms with Crippen molar-refractivity contribution in [2.24, 2.45) is 0 Å². The average Bonchev–Trinajstić information content (AvgIpc) is 3.56. The number of nitrogens with one attached hydrogen (secondary N) is 1. The molecule has 0 fully saturated rings. The maximum atomic E-state index is 13.8. The Balaban J connectivity index is 1.80. The number of sulfonamides is 1. The van der Waals surface area contributed by atoms with Gasteiger partial charge in [-0.15, -0.1) is 10.2 Å². The quantitative estimate of drug-likeness (QED) is 0.234. The number of anilines is 1. The van der Waals surface area contributed by atoms with E-state index in [1.54, 1.807) is 49.6 Å². The van der Waals surface area contributed by atoms with Crippen LogP contribution in [0.4, 0.5) is 5.95 Å². The largest absolute Gasteiger partial charge is 0.494 e. The van der Waals surface area contributed by atoms with Crippen LogP contribution in [0.2, 0.25) is 0 Å². The SMILES string of the molecule is COCCO[C@H](c1ncc(C)cn1)[C@H](C)S(=O)(=O)Nc1nnc(-c2ccc(C)o2)n1-c1c(OC)cccc1OC. The smallest absolute Gasteiger partial charge is 0.243 e. The zero-order valence-electron chi connectivity index (χ0n) is 23.1. The van der Waals surface area contributed by atoms with Gasteiger partial charge in [-0.25, -0.2) is 18.4 Å². The van der Waals surface area contributed by atoms with Crippen molar-refractivity contribution in [2.45, 2.75) is 32.1 Å². The first-order valence-electron chi connectivity index (χ1n) is 12.3. The molecule has 214 valence electrons. The van der Waals surface area contributed by atoms with Gasteiger partial charge < -0.3 is 23.4 Å². The summed E-state index contributed by atoms with van der Waals surface area (Å²) in [6.45, 7) is 5.52. The number of aryl methyl sites for hydroxylation is 2. The highest BCUT2D eigenvalue weighted by Gasteiger charge is 2.36. The summed E-state index contributed by atoms with van der Waals surface area (Å²) in [5.74, 6) is 2.14. The van der Waals surface area contributed by atoms with E-state index in [4.69, 9.17) is 23.4 Å². The van der Waals surface area contributed by atoms with Crippen molar-refractivity contribution in [2.75, 3.05) is 39.3 Å². The van der Waals surface area contributed by atoms with Gasteiger partial charge in [0.25, 0.3) is 0 Å². The number of aromatic nitrogens is 5. The van der Waals surface area contributed by atoms with Crippen LogP contribution in [0.1, 0.15) is 30.2 Å². The number of nitrogens with zero attached hydrogens (tertiary/aromatic N) is 5. The van der Waals surface area contributed by atoms with Crippen molar-refractivity contribution in [1.29, 1.82) is 0 Å². The molecule has 2 atom stereocenters. The lowest BCUT2D eigenvalue weighted by Gasteiger charge is -2.24. The Morgan fingerprint density at radius 3 is 2.23 bits per heavy atom. The summed E-state index contributed by atoms with van der Waals surface area (Å²) in [5, 5.41) is 7.28. The molecule has 0 bridgehead atoms. The van der Waals surface area contributed by atoms with Gasteiger partial charge in [-0.3, -0.25) is 9.29 Å². The normalized spacial score (nSPS) is 13.2. The third-order valence-corrected chi connectivity index (χ3v) is 7.73. The van der Waals surface area contributed by atoms with E-state index in [0.29, 0.717) is 28.7 Å². The molecular formula is C26H32N6O7S. The Labute approximate surface area is 232 Å². The minimum absolute atomic E-state index is 0.112. The first-order valence-corrected chi connectivity index (χ1v) is 13.9. The van der Waals surface area contributed by atoms with Crippen molar-refractivity contribution in [3.8, 4) is 28.8 Å². The summed E-state index contributed by atoms with van der Waals surface area (Å²) in [6.07, 6.45) is 2.20. The average molecular weight is 573 g/mol. The topological polar surface area (TPSA) is 153 Å². The highest BCUT2D eigenvalue weighted by molar-refractivity contribution is 7.93. The Morgan fingerprint density at radius 2 is 1.65 bits per heavy atom. The van der Waals surface area contributed by atoms with E-state index in [-0.39, 0.29) is 30.8 Å². The van der Waals surface area contributed by atoms with E-state index >= 15 is 0 Å². The summed E-state index contributed by atoms with van der Waals surface area (Å²) >= 11 is 0. The third-order valence-electron chi connectivity index (χ3n) is 6.04. The number of furan rings is 1. The fourth-order valence-corrected chi connectivity index (χ4v) is 5.04. The molecule has 40 heavy (non-hydrogen) atoms. The highest BCUT2D eigenvalue weighted by Crippen LogP contribution is 2.38. The number of hydrogen-bond acceptors (Lipinski definition) is 11. The van der Waals surface area contributed by atoms with Crippen molar-refractivity contribution < 1.29 is 31.8 Å². The number of para-hydroxylation sites is 1. The molecule has 0 aliphatic heterocycles. The second-order valence-corrected chi connectivity index (χ2v) is 10.9. The second-order valence-electron chi connectivity index (χ2n) is 8.86. The van der Waals surface area contributed by atoms with Crippen LogP contribution in [0.3, 0.4) is 0 Å². The minimum Gasteiger partial charge on any atom is -0.494 e.